The number of hydrazone groups is 1. The van der Waals surface area contributed by atoms with Crippen molar-refractivity contribution in [2.45, 2.75) is 13.8 Å². The molecule has 0 aromatic heterocycles. The van der Waals surface area contributed by atoms with Crippen LogP contribution in [0.5, 0.6) is 5.75 Å². The van der Waals surface area contributed by atoms with Gasteiger partial charge in [-0.2, -0.15) is 5.10 Å². The molecule has 2 N–H and O–H groups in total. The molecule has 0 radical (unpaired) electrons. The number of anilines is 1. The molecule has 0 bridgehead atoms. The summed E-state index contributed by atoms with van der Waals surface area (Å²) in [5, 5.41) is 6.81. The number of rotatable bonds is 10. The van der Waals surface area contributed by atoms with Gasteiger partial charge < -0.3 is 15.0 Å². The summed E-state index contributed by atoms with van der Waals surface area (Å²) in [6, 6.07) is 20.2. The number of amides is 2. The van der Waals surface area contributed by atoms with Crippen molar-refractivity contribution in [2.75, 3.05) is 25.1 Å². The number of hydrogen-bond acceptors (Lipinski definition) is 5. The first-order valence-electron chi connectivity index (χ1n) is 11.7. The molecule has 0 saturated heterocycles. The van der Waals surface area contributed by atoms with Crippen molar-refractivity contribution in [1.82, 2.24) is 10.7 Å². The molecule has 0 aliphatic rings. The SMILES string of the molecule is CCN(CC)c1ccc(/C=C(/NC(=O)c2ccccc2)C(=O)NN=Cc2cc(Br)cc(Br)c2OC)cc1. The molecule has 3 aromatic carbocycles. The van der Waals surface area contributed by atoms with E-state index < -0.39 is 11.8 Å². The highest BCUT2D eigenvalue weighted by Gasteiger charge is 2.15. The lowest BCUT2D eigenvalue weighted by Gasteiger charge is -2.21. The molecule has 0 aliphatic heterocycles. The van der Waals surface area contributed by atoms with Crippen LogP contribution in [0.15, 0.2) is 86.5 Å². The number of carbonyl (C=O) groups excluding carboxylic acids is 2. The molecular weight excluding hydrogens is 600 g/mol. The highest BCUT2D eigenvalue weighted by atomic mass is 79.9. The molecule has 3 rings (SSSR count). The second-order valence-corrected chi connectivity index (χ2v) is 9.62. The van der Waals surface area contributed by atoms with Crippen LogP contribution in [0, 0.1) is 0 Å². The van der Waals surface area contributed by atoms with Crippen LogP contribution in [0.1, 0.15) is 35.3 Å². The van der Waals surface area contributed by atoms with Gasteiger partial charge in [0.2, 0.25) is 0 Å². The van der Waals surface area contributed by atoms with E-state index in [0.717, 1.165) is 33.3 Å². The number of nitrogens with zero attached hydrogens (tertiary/aromatic N) is 2. The Morgan fingerprint density at radius 2 is 1.68 bits per heavy atom. The molecule has 0 atom stereocenters. The molecule has 192 valence electrons. The van der Waals surface area contributed by atoms with E-state index in [2.05, 4.69) is 66.5 Å². The van der Waals surface area contributed by atoms with Gasteiger partial charge in [0.05, 0.1) is 17.8 Å². The molecule has 0 heterocycles. The summed E-state index contributed by atoms with van der Waals surface area (Å²) in [5.41, 5.74) is 5.49. The minimum atomic E-state index is -0.568. The van der Waals surface area contributed by atoms with Crippen LogP contribution >= 0.6 is 31.9 Å². The molecule has 3 aromatic rings. The highest BCUT2D eigenvalue weighted by Crippen LogP contribution is 2.31. The zero-order valence-electron chi connectivity index (χ0n) is 20.8. The zero-order chi connectivity index (χ0) is 26.8. The number of nitrogens with one attached hydrogen (secondary N) is 2. The third-order valence-corrected chi connectivity index (χ3v) is 6.52. The van der Waals surface area contributed by atoms with E-state index in [1.807, 2.05) is 42.5 Å². The summed E-state index contributed by atoms with van der Waals surface area (Å²) < 4.78 is 6.97. The lowest BCUT2D eigenvalue weighted by Crippen LogP contribution is -2.32. The van der Waals surface area contributed by atoms with Crippen molar-refractivity contribution < 1.29 is 14.3 Å². The second kappa shape index (κ2) is 13.8. The molecule has 0 fully saturated rings. The standard InChI is InChI=1S/C28H28Br2N4O3/c1-4-34(5-2)23-13-11-19(12-14-23)15-25(32-27(35)20-9-7-6-8-10-20)28(36)33-31-18-21-16-22(29)17-24(30)26(21)37-3/h6-18H,4-5H2,1-3H3,(H,32,35)(H,33,36)/b25-15+,31-18?. The third-order valence-electron chi connectivity index (χ3n) is 5.47. The van der Waals surface area contributed by atoms with E-state index in [0.29, 0.717) is 16.9 Å². The number of halogens is 2. The van der Waals surface area contributed by atoms with Gasteiger partial charge in [-0.1, -0.05) is 46.3 Å². The summed E-state index contributed by atoms with van der Waals surface area (Å²) >= 11 is 6.88. The fraction of sp³-hybridized carbons (Fsp3) is 0.179. The predicted molar refractivity (Wildman–Crippen MR) is 156 cm³/mol. The van der Waals surface area contributed by atoms with Gasteiger partial charge in [-0.3, -0.25) is 9.59 Å². The summed E-state index contributed by atoms with van der Waals surface area (Å²) in [5.74, 6) is -0.396. The van der Waals surface area contributed by atoms with E-state index in [1.165, 1.54) is 6.21 Å². The molecule has 2 amide bonds. The minimum Gasteiger partial charge on any atom is -0.495 e. The Morgan fingerprint density at radius 1 is 1.00 bits per heavy atom. The minimum absolute atomic E-state index is 0.0592. The Hall–Kier alpha value is -3.43. The maximum Gasteiger partial charge on any atom is 0.287 e. The van der Waals surface area contributed by atoms with Gasteiger partial charge in [0, 0.05) is 34.4 Å². The molecule has 9 heteroatoms. The Bertz CT molecular complexity index is 1290. The molecule has 0 aliphatic carbocycles. The van der Waals surface area contributed by atoms with Gasteiger partial charge in [-0.15, -0.1) is 0 Å². The molecule has 0 unspecified atom stereocenters. The Balaban J connectivity index is 1.86. The van der Waals surface area contributed by atoms with Crippen LogP contribution < -0.4 is 20.4 Å². The van der Waals surface area contributed by atoms with Gasteiger partial charge >= 0.3 is 0 Å². The number of carbonyl (C=O) groups is 2. The fourth-order valence-corrected chi connectivity index (χ4v) is 5.01. The summed E-state index contributed by atoms with van der Waals surface area (Å²) in [4.78, 5) is 28.1. The first-order chi connectivity index (χ1) is 17.9. The average molecular weight is 628 g/mol. The Kier molecular flexibility index (Phi) is 10.5. The predicted octanol–water partition coefficient (Wildman–Crippen LogP) is 5.99. The van der Waals surface area contributed by atoms with Crippen molar-refractivity contribution >= 4 is 61.7 Å². The maximum atomic E-state index is 13.1. The normalized spacial score (nSPS) is 11.3. The lowest BCUT2D eigenvalue weighted by atomic mass is 10.1. The number of methoxy groups -OCH3 is 1. The van der Waals surface area contributed by atoms with Crippen LogP contribution in [0.25, 0.3) is 6.08 Å². The van der Waals surface area contributed by atoms with E-state index >= 15 is 0 Å². The summed E-state index contributed by atoms with van der Waals surface area (Å²) in [7, 11) is 1.55. The van der Waals surface area contributed by atoms with Crippen LogP contribution in [-0.4, -0.2) is 38.2 Å². The van der Waals surface area contributed by atoms with Crippen molar-refractivity contribution in [3.05, 3.63) is 98.1 Å². The van der Waals surface area contributed by atoms with Crippen molar-refractivity contribution in [1.29, 1.82) is 0 Å². The van der Waals surface area contributed by atoms with Gasteiger partial charge in [0.1, 0.15) is 11.4 Å². The molecule has 0 saturated carbocycles. The molecular formula is C28H28Br2N4O3. The number of ether oxygens (including phenoxy) is 1. The Labute approximate surface area is 233 Å². The van der Waals surface area contributed by atoms with E-state index in [9.17, 15) is 9.59 Å². The number of hydrogen-bond donors (Lipinski definition) is 2. The van der Waals surface area contributed by atoms with Gasteiger partial charge in [-0.05, 0) is 77.8 Å². The quantitative estimate of drug-likeness (QED) is 0.164. The number of benzene rings is 3. The highest BCUT2D eigenvalue weighted by molar-refractivity contribution is 9.11. The summed E-state index contributed by atoms with van der Waals surface area (Å²) in [6.07, 6.45) is 3.09. The lowest BCUT2D eigenvalue weighted by molar-refractivity contribution is -0.117. The van der Waals surface area contributed by atoms with Crippen LogP contribution in [0.3, 0.4) is 0 Å². The largest absolute Gasteiger partial charge is 0.495 e. The first kappa shape index (κ1) is 28.1. The zero-order valence-corrected chi connectivity index (χ0v) is 24.0. The van der Waals surface area contributed by atoms with Crippen LogP contribution in [-0.2, 0) is 4.79 Å². The Morgan fingerprint density at radius 3 is 2.30 bits per heavy atom. The topological polar surface area (TPSA) is 83.0 Å². The van der Waals surface area contributed by atoms with Crippen molar-refractivity contribution in [3.8, 4) is 5.75 Å². The third kappa shape index (κ3) is 7.77. The molecule has 0 spiro atoms. The van der Waals surface area contributed by atoms with Crippen molar-refractivity contribution in [2.24, 2.45) is 5.10 Å². The van der Waals surface area contributed by atoms with Gasteiger partial charge in [-0.25, -0.2) is 5.43 Å². The average Bonchev–Trinajstić information content (AvgIpc) is 2.90. The van der Waals surface area contributed by atoms with E-state index in [1.54, 1.807) is 37.5 Å². The molecule has 7 nitrogen and oxygen atoms in total. The van der Waals surface area contributed by atoms with Crippen LogP contribution in [0.2, 0.25) is 0 Å². The fourth-order valence-electron chi connectivity index (χ4n) is 3.59. The maximum absolute atomic E-state index is 13.1. The van der Waals surface area contributed by atoms with E-state index in [-0.39, 0.29) is 5.70 Å². The smallest absolute Gasteiger partial charge is 0.287 e. The molecule has 37 heavy (non-hydrogen) atoms. The second-order valence-electron chi connectivity index (χ2n) is 7.85. The van der Waals surface area contributed by atoms with Crippen molar-refractivity contribution in [3.63, 3.8) is 0 Å². The monoisotopic (exact) mass is 626 g/mol. The summed E-state index contributed by atoms with van der Waals surface area (Å²) in [6.45, 7) is 5.98. The van der Waals surface area contributed by atoms with Gasteiger partial charge in [0.15, 0.2) is 0 Å². The van der Waals surface area contributed by atoms with Gasteiger partial charge in [0.25, 0.3) is 11.8 Å². The first-order valence-corrected chi connectivity index (χ1v) is 13.2. The van der Waals surface area contributed by atoms with Crippen LogP contribution in [0.4, 0.5) is 5.69 Å². The van der Waals surface area contributed by atoms with E-state index in [4.69, 9.17) is 4.74 Å².